The van der Waals surface area contributed by atoms with E-state index >= 15 is 0 Å². The van der Waals surface area contributed by atoms with Crippen molar-refractivity contribution in [1.29, 1.82) is 0 Å². The summed E-state index contributed by atoms with van der Waals surface area (Å²) in [6.45, 7) is 15.8. The normalized spacial score (nSPS) is 35.6. The first kappa shape index (κ1) is 22.4. The average Bonchev–Trinajstić information content (AvgIpc) is 2.67. The Morgan fingerprint density at radius 3 is 2.47 bits per heavy atom. The van der Waals surface area contributed by atoms with Crippen LogP contribution in [-0.4, -0.2) is 56.9 Å². The molecule has 0 amide bonds. The lowest BCUT2D eigenvalue weighted by Crippen LogP contribution is -2.75. The molecule has 2 fully saturated rings. The van der Waals surface area contributed by atoms with E-state index in [0.29, 0.717) is 6.04 Å². The molecular weight excluding hydrogens is 391 g/mol. The van der Waals surface area contributed by atoms with Crippen molar-refractivity contribution < 1.29 is 8.42 Å². The van der Waals surface area contributed by atoms with Gasteiger partial charge in [-0.15, -0.1) is 0 Å². The molecule has 2 aliphatic carbocycles. The number of nitrogens with zero attached hydrogens (tertiary/aromatic N) is 2. The van der Waals surface area contributed by atoms with Crippen molar-refractivity contribution in [3.63, 3.8) is 0 Å². The van der Waals surface area contributed by atoms with Gasteiger partial charge in [-0.3, -0.25) is 0 Å². The lowest BCUT2D eigenvalue weighted by Gasteiger charge is -2.72. The molecule has 1 saturated heterocycles. The van der Waals surface area contributed by atoms with Crippen LogP contribution in [0.15, 0.2) is 12.1 Å². The number of hydrogen-bond acceptors (Lipinski definition) is 3. The van der Waals surface area contributed by atoms with E-state index in [1.807, 2.05) is 0 Å². The molecule has 1 aromatic carbocycles. The molecule has 3 aliphatic rings. The van der Waals surface area contributed by atoms with Crippen molar-refractivity contribution in [2.75, 3.05) is 20.6 Å². The molecule has 1 radical (unpaired) electrons. The van der Waals surface area contributed by atoms with E-state index in [2.05, 4.69) is 58.7 Å². The summed E-state index contributed by atoms with van der Waals surface area (Å²) < 4.78 is 27.4. The van der Waals surface area contributed by atoms with Crippen LogP contribution in [0.4, 0.5) is 0 Å². The van der Waals surface area contributed by atoms with E-state index in [9.17, 15) is 8.42 Å². The minimum Gasteiger partial charge on any atom is -0.302 e. The molecule has 0 spiro atoms. The number of piperidine rings is 1. The molecule has 0 N–H and O–H groups in total. The lowest BCUT2D eigenvalue weighted by atomic mass is 9.36. The van der Waals surface area contributed by atoms with E-state index in [0.717, 1.165) is 32.2 Å². The van der Waals surface area contributed by atoms with Crippen LogP contribution in [0.1, 0.15) is 62.3 Å². The van der Waals surface area contributed by atoms with E-state index in [1.165, 1.54) is 28.8 Å². The van der Waals surface area contributed by atoms with Crippen molar-refractivity contribution >= 4 is 16.4 Å². The van der Waals surface area contributed by atoms with E-state index < -0.39 is 9.87 Å². The maximum Gasteiger partial charge on any atom is 0.297 e. The van der Waals surface area contributed by atoms with Crippen LogP contribution in [0, 0.1) is 24.7 Å². The van der Waals surface area contributed by atoms with Gasteiger partial charge in [0, 0.05) is 24.5 Å². The van der Waals surface area contributed by atoms with Crippen LogP contribution in [0.3, 0.4) is 0 Å². The molecule has 1 aromatic rings. The first-order chi connectivity index (χ1) is 13.8. The van der Waals surface area contributed by atoms with Crippen molar-refractivity contribution in [3.8, 4) is 0 Å². The van der Waals surface area contributed by atoms with Gasteiger partial charge in [-0.2, -0.15) is 0 Å². The highest BCUT2D eigenvalue weighted by Gasteiger charge is 2.70. The topological polar surface area (TPSA) is 40.6 Å². The zero-order valence-corrected chi connectivity index (χ0v) is 20.9. The maximum absolute atomic E-state index is 12.9. The number of fused-ring (bicyclic) bond motifs is 1. The third-order valence-corrected chi connectivity index (χ3v) is 11.4. The molecule has 1 aliphatic heterocycles. The number of rotatable bonds is 3. The Morgan fingerprint density at radius 1 is 1.17 bits per heavy atom. The highest BCUT2D eigenvalue weighted by molar-refractivity contribution is 8.13. The fraction of sp³-hybridized carbons (Fsp3) is 0.750. The van der Waals surface area contributed by atoms with Crippen LogP contribution >= 0.6 is 0 Å². The van der Waals surface area contributed by atoms with Gasteiger partial charge >= 0.3 is 0 Å². The van der Waals surface area contributed by atoms with Crippen molar-refractivity contribution in [2.45, 2.75) is 84.6 Å². The van der Waals surface area contributed by atoms with Gasteiger partial charge in [0.1, 0.15) is 0 Å². The number of likely N-dealkylation sites (N-methyl/N-ethyl adjacent to an activating group) is 1. The second-order valence-electron chi connectivity index (χ2n) is 10.9. The standard InChI is InChI=1S/C24H38BN2O2S/c1-16-9-10-18-15-20-23(5)12-11-19(27(8)30(28,29)25-6)22(3,4)24(23,13-14-26(20)7)21(18)17(16)2/h9-10,19-20H,11-15H2,1-8H3/t19?,20-,23?,24-/m0/s1. The van der Waals surface area contributed by atoms with E-state index in [-0.39, 0.29) is 22.3 Å². The molecule has 6 heteroatoms. The van der Waals surface area contributed by atoms with Gasteiger partial charge in [0.25, 0.3) is 6.56 Å². The largest absolute Gasteiger partial charge is 0.302 e. The first-order valence-electron chi connectivity index (χ1n) is 11.4. The molecule has 1 heterocycles. The molecular formula is C24H38BN2O2S. The summed E-state index contributed by atoms with van der Waals surface area (Å²) >= 11 is 0. The molecule has 0 aromatic heterocycles. The van der Waals surface area contributed by atoms with Crippen molar-refractivity contribution in [2.24, 2.45) is 10.8 Å². The van der Waals surface area contributed by atoms with Crippen LogP contribution in [-0.2, 0) is 21.7 Å². The Hall–Kier alpha value is -0.845. The summed E-state index contributed by atoms with van der Waals surface area (Å²) in [6, 6.07) is 5.12. The van der Waals surface area contributed by atoms with Crippen molar-refractivity contribution in [1.82, 2.24) is 9.21 Å². The molecule has 4 nitrogen and oxygen atoms in total. The Morgan fingerprint density at radius 2 is 1.83 bits per heavy atom. The Bertz CT molecular complexity index is 976. The third-order valence-electron chi connectivity index (χ3n) is 9.75. The fourth-order valence-corrected chi connectivity index (χ4v) is 9.07. The van der Waals surface area contributed by atoms with Gasteiger partial charge in [0.05, 0.1) is 0 Å². The van der Waals surface area contributed by atoms with Crippen LogP contribution in [0.25, 0.3) is 0 Å². The molecule has 4 atom stereocenters. The van der Waals surface area contributed by atoms with Gasteiger partial charge in [-0.1, -0.05) is 39.7 Å². The minimum atomic E-state index is -3.37. The monoisotopic (exact) mass is 429 g/mol. The van der Waals surface area contributed by atoms with Gasteiger partial charge < -0.3 is 4.90 Å². The summed E-state index contributed by atoms with van der Waals surface area (Å²) in [5.41, 5.74) is 5.70. The fourth-order valence-electron chi connectivity index (χ4n) is 8.01. The highest BCUT2D eigenvalue weighted by Crippen LogP contribution is 2.70. The van der Waals surface area contributed by atoms with Gasteiger partial charge in [0.2, 0.25) is 0 Å². The summed E-state index contributed by atoms with van der Waals surface area (Å²) in [6.07, 6.45) is 4.16. The maximum atomic E-state index is 12.9. The minimum absolute atomic E-state index is 0.0123. The number of hydrogen-bond donors (Lipinski definition) is 0. The molecule has 165 valence electrons. The summed E-state index contributed by atoms with van der Waals surface area (Å²) in [7, 11) is 0.712. The second kappa shape index (κ2) is 6.82. The zero-order chi connectivity index (χ0) is 22.3. The Labute approximate surface area is 184 Å². The number of aryl methyl sites for hydroxylation is 1. The van der Waals surface area contributed by atoms with Crippen molar-refractivity contribution in [3.05, 3.63) is 34.4 Å². The SMILES string of the molecule is C[B]S(=O)(=O)N(C)C1CCC2(C)[C@@H]3Cc4ccc(C)c(C)c4[C@@]2(CCN3C)C1(C)C. The van der Waals surface area contributed by atoms with Crippen LogP contribution in [0.5, 0.6) is 0 Å². The van der Waals surface area contributed by atoms with Crippen LogP contribution < -0.4 is 0 Å². The third kappa shape index (κ3) is 2.56. The molecule has 1 saturated carbocycles. The van der Waals surface area contributed by atoms with Gasteiger partial charge in [-0.05, 0) is 86.2 Å². The Balaban J connectivity index is 2.01. The van der Waals surface area contributed by atoms with E-state index in [4.69, 9.17) is 0 Å². The number of benzene rings is 1. The number of likely N-dealkylation sites (tertiary alicyclic amines) is 1. The smallest absolute Gasteiger partial charge is 0.297 e. The Kier molecular flexibility index (Phi) is 5.08. The summed E-state index contributed by atoms with van der Waals surface area (Å²) in [5, 5.41) is 0. The zero-order valence-electron chi connectivity index (χ0n) is 20.0. The predicted octanol–water partition coefficient (Wildman–Crippen LogP) is 3.93. The second-order valence-corrected chi connectivity index (χ2v) is 13.0. The quantitative estimate of drug-likeness (QED) is 0.684. The van der Waals surface area contributed by atoms with Gasteiger partial charge in [-0.25, -0.2) is 12.7 Å². The molecule has 2 unspecified atom stereocenters. The molecule has 2 bridgehead atoms. The summed E-state index contributed by atoms with van der Waals surface area (Å²) in [4.78, 5) is 2.58. The molecule has 30 heavy (non-hydrogen) atoms. The lowest BCUT2D eigenvalue weighted by molar-refractivity contribution is -0.154. The van der Waals surface area contributed by atoms with Gasteiger partial charge in [0.15, 0.2) is 9.87 Å². The summed E-state index contributed by atoms with van der Waals surface area (Å²) in [5.74, 6) is 0. The van der Waals surface area contributed by atoms with Crippen LogP contribution in [0.2, 0.25) is 6.82 Å². The predicted molar refractivity (Wildman–Crippen MR) is 126 cm³/mol. The average molecular weight is 429 g/mol. The van der Waals surface area contributed by atoms with E-state index in [1.54, 1.807) is 18.2 Å². The first-order valence-corrected chi connectivity index (χ1v) is 12.9. The highest BCUT2D eigenvalue weighted by atomic mass is 32.2. The molecule has 4 rings (SSSR count).